The standard InChI is InChI=1S/C16H16N2O3/c19-15-8-6-12(16(20)21)9-18(15)10-13-7-5-11-3-1-2-4-14(11)17-13/h1-5,7,12H,6,8-10H2,(H,20,21). The van der Waals surface area contributed by atoms with Gasteiger partial charge in [-0.05, 0) is 18.6 Å². The molecule has 0 spiro atoms. The highest BCUT2D eigenvalue weighted by Crippen LogP contribution is 2.20. The van der Waals surface area contributed by atoms with Crippen LogP contribution >= 0.6 is 0 Å². The molecule has 0 saturated carbocycles. The van der Waals surface area contributed by atoms with Crippen LogP contribution < -0.4 is 0 Å². The van der Waals surface area contributed by atoms with Crippen molar-refractivity contribution in [2.24, 2.45) is 5.92 Å². The Bertz CT molecular complexity index is 699. The van der Waals surface area contributed by atoms with Gasteiger partial charge in [0.15, 0.2) is 0 Å². The number of aliphatic carboxylic acids is 1. The van der Waals surface area contributed by atoms with Crippen LogP contribution in [0.25, 0.3) is 10.9 Å². The number of rotatable bonds is 3. The molecule has 21 heavy (non-hydrogen) atoms. The van der Waals surface area contributed by atoms with E-state index >= 15 is 0 Å². The van der Waals surface area contributed by atoms with E-state index in [0.29, 0.717) is 19.4 Å². The van der Waals surface area contributed by atoms with Crippen LogP contribution in [0.3, 0.4) is 0 Å². The number of carboxylic acid groups (broad SMARTS) is 1. The molecule has 2 aromatic rings. The molecular weight excluding hydrogens is 268 g/mol. The topological polar surface area (TPSA) is 70.5 Å². The zero-order chi connectivity index (χ0) is 14.8. The van der Waals surface area contributed by atoms with Crippen LogP contribution in [0, 0.1) is 5.92 Å². The van der Waals surface area contributed by atoms with Gasteiger partial charge in [0, 0.05) is 18.4 Å². The molecule has 1 saturated heterocycles. The van der Waals surface area contributed by atoms with Crippen molar-refractivity contribution < 1.29 is 14.7 Å². The van der Waals surface area contributed by atoms with Crippen molar-refractivity contribution in [2.75, 3.05) is 6.54 Å². The summed E-state index contributed by atoms with van der Waals surface area (Å²) in [5.41, 5.74) is 1.67. The summed E-state index contributed by atoms with van der Waals surface area (Å²) in [5.74, 6) is -1.30. The van der Waals surface area contributed by atoms with Crippen molar-refractivity contribution in [3.8, 4) is 0 Å². The van der Waals surface area contributed by atoms with E-state index in [9.17, 15) is 9.59 Å². The second-order valence-electron chi connectivity index (χ2n) is 5.34. The van der Waals surface area contributed by atoms with Gasteiger partial charge in [-0.25, -0.2) is 0 Å². The van der Waals surface area contributed by atoms with Crippen LogP contribution in [-0.4, -0.2) is 33.4 Å². The Balaban J connectivity index is 1.80. The lowest BCUT2D eigenvalue weighted by molar-refractivity contribution is -0.147. The first-order valence-electron chi connectivity index (χ1n) is 6.99. The summed E-state index contributed by atoms with van der Waals surface area (Å²) in [6.45, 7) is 0.635. The molecule has 3 rings (SSSR count). The number of para-hydroxylation sites is 1. The lowest BCUT2D eigenvalue weighted by atomic mass is 9.97. The third kappa shape index (κ3) is 2.86. The highest BCUT2D eigenvalue weighted by Gasteiger charge is 2.30. The summed E-state index contributed by atoms with van der Waals surface area (Å²) in [7, 11) is 0. The molecule has 1 aliphatic heterocycles. The fraction of sp³-hybridized carbons (Fsp3) is 0.312. The summed E-state index contributed by atoms with van der Waals surface area (Å²) in [6, 6.07) is 11.7. The molecule has 0 radical (unpaired) electrons. The number of nitrogens with zero attached hydrogens (tertiary/aromatic N) is 2. The van der Waals surface area contributed by atoms with Crippen molar-refractivity contribution >= 4 is 22.8 Å². The van der Waals surface area contributed by atoms with Crippen LogP contribution in [-0.2, 0) is 16.1 Å². The van der Waals surface area contributed by atoms with Crippen LogP contribution in [0.5, 0.6) is 0 Å². The van der Waals surface area contributed by atoms with Crippen LogP contribution in [0.2, 0.25) is 0 Å². The van der Waals surface area contributed by atoms with Crippen LogP contribution in [0.1, 0.15) is 18.5 Å². The molecule has 0 aliphatic carbocycles. The Hall–Kier alpha value is -2.43. The summed E-state index contributed by atoms with van der Waals surface area (Å²) >= 11 is 0. The van der Waals surface area contributed by atoms with E-state index in [1.54, 1.807) is 4.90 Å². The van der Waals surface area contributed by atoms with Gasteiger partial charge >= 0.3 is 5.97 Å². The monoisotopic (exact) mass is 284 g/mol. The van der Waals surface area contributed by atoms with Crippen LogP contribution in [0.15, 0.2) is 36.4 Å². The zero-order valence-corrected chi connectivity index (χ0v) is 11.5. The number of amides is 1. The first-order valence-corrected chi connectivity index (χ1v) is 6.99. The lowest BCUT2D eigenvalue weighted by Gasteiger charge is -2.30. The molecule has 1 N–H and O–H groups in total. The normalized spacial score (nSPS) is 19.0. The van der Waals surface area contributed by atoms with Crippen molar-refractivity contribution in [1.82, 2.24) is 9.88 Å². The van der Waals surface area contributed by atoms with Gasteiger partial charge < -0.3 is 10.0 Å². The molecule has 5 nitrogen and oxygen atoms in total. The molecule has 1 aliphatic rings. The van der Waals surface area contributed by atoms with Crippen molar-refractivity contribution in [3.63, 3.8) is 0 Å². The number of pyridine rings is 1. The Morgan fingerprint density at radius 1 is 1.29 bits per heavy atom. The predicted molar refractivity (Wildman–Crippen MR) is 77.5 cm³/mol. The molecule has 5 heteroatoms. The molecule has 1 fully saturated rings. The maximum Gasteiger partial charge on any atom is 0.308 e. The largest absolute Gasteiger partial charge is 0.481 e. The van der Waals surface area contributed by atoms with Gasteiger partial charge in [-0.15, -0.1) is 0 Å². The molecule has 2 heterocycles. The van der Waals surface area contributed by atoms with Crippen molar-refractivity contribution in [3.05, 3.63) is 42.1 Å². The second-order valence-corrected chi connectivity index (χ2v) is 5.34. The number of carbonyl (C=O) groups is 2. The first kappa shape index (κ1) is 13.5. The van der Waals surface area contributed by atoms with Gasteiger partial charge in [-0.1, -0.05) is 24.3 Å². The number of carbonyl (C=O) groups excluding carboxylic acids is 1. The van der Waals surface area contributed by atoms with Gasteiger partial charge in [0.2, 0.25) is 5.91 Å². The maximum atomic E-state index is 11.9. The smallest absolute Gasteiger partial charge is 0.308 e. The molecular formula is C16H16N2O3. The highest BCUT2D eigenvalue weighted by molar-refractivity contribution is 5.81. The summed E-state index contributed by atoms with van der Waals surface area (Å²) < 4.78 is 0. The minimum atomic E-state index is -0.834. The average Bonchev–Trinajstić information content (AvgIpc) is 2.49. The lowest BCUT2D eigenvalue weighted by Crippen LogP contribution is -2.42. The van der Waals surface area contributed by atoms with E-state index < -0.39 is 11.9 Å². The fourth-order valence-electron chi connectivity index (χ4n) is 2.66. The van der Waals surface area contributed by atoms with E-state index in [1.807, 2.05) is 36.4 Å². The zero-order valence-electron chi connectivity index (χ0n) is 11.5. The summed E-state index contributed by atoms with van der Waals surface area (Å²) in [6.07, 6.45) is 0.723. The Morgan fingerprint density at radius 2 is 2.10 bits per heavy atom. The molecule has 1 amide bonds. The van der Waals surface area contributed by atoms with Crippen molar-refractivity contribution in [2.45, 2.75) is 19.4 Å². The van der Waals surface area contributed by atoms with E-state index in [2.05, 4.69) is 4.98 Å². The third-order valence-electron chi connectivity index (χ3n) is 3.86. The quantitative estimate of drug-likeness (QED) is 0.936. The van der Waals surface area contributed by atoms with E-state index in [0.717, 1.165) is 16.6 Å². The minimum absolute atomic E-state index is 0.00228. The van der Waals surface area contributed by atoms with Gasteiger partial charge in [0.1, 0.15) is 0 Å². The Labute approximate surface area is 122 Å². The van der Waals surface area contributed by atoms with Gasteiger partial charge in [-0.2, -0.15) is 0 Å². The second kappa shape index (κ2) is 5.52. The first-order chi connectivity index (χ1) is 10.1. The van der Waals surface area contributed by atoms with E-state index in [-0.39, 0.29) is 12.5 Å². The average molecular weight is 284 g/mol. The van der Waals surface area contributed by atoms with Crippen LogP contribution in [0.4, 0.5) is 0 Å². The van der Waals surface area contributed by atoms with Gasteiger partial charge in [-0.3, -0.25) is 14.6 Å². The number of likely N-dealkylation sites (tertiary alicyclic amines) is 1. The van der Waals surface area contributed by atoms with Gasteiger partial charge in [0.25, 0.3) is 0 Å². The molecule has 0 bridgehead atoms. The van der Waals surface area contributed by atoms with E-state index in [4.69, 9.17) is 5.11 Å². The van der Waals surface area contributed by atoms with Crippen molar-refractivity contribution in [1.29, 1.82) is 0 Å². The predicted octanol–water partition coefficient (Wildman–Crippen LogP) is 2.06. The maximum absolute atomic E-state index is 11.9. The molecule has 1 unspecified atom stereocenters. The Morgan fingerprint density at radius 3 is 2.90 bits per heavy atom. The molecule has 1 aromatic carbocycles. The molecule has 108 valence electrons. The number of hydrogen-bond acceptors (Lipinski definition) is 3. The number of fused-ring (bicyclic) bond motifs is 1. The molecule has 1 aromatic heterocycles. The minimum Gasteiger partial charge on any atom is -0.481 e. The number of aromatic nitrogens is 1. The number of carboxylic acids is 1. The summed E-state index contributed by atoms with van der Waals surface area (Å²) in [4.78, 5) is 29.1. The SMILES string of the molecule is O=C(O)C1CCC(=O)N(Cc2ccc3ccccc3n2)C1. The number of benzene rings is 1. The Kier molecular flexibility index (Phi) is 3.56. The summed E-state index contributed by atoms with van der Waals surface area (Å²) in [5, 5.41) is 10.1. The molecule has 1 atom stereocenters. The third-order valence-corrected chi connectivity index (χ3v) is 3.86. The van der Waals surface area contributed by atoms with Gasteiger partial charge in [0.05, 0.1) is 23.7 Å². The highest BCUT2D eigenvalue weighted by atomic mass is 16.4. The number of piperidine rings is 1. The fourth-order valence-corrected chi connectivity index (χ4v) is 2.66. The van der Waals surface area contributed by atoms with E-state index in [1.165, 1.54) is 0 Å². The number of hydrogen-bond donors (Lipinski definition) is 1.